The van der Waals surface area contributed by atoms with Crippen LogP contribution in [0, 0.1) is 0 Å². The molecule has 1 aliphatic heterocycles. The SMILES string of the molecule is Clc1cccc(C(Cc2ccc(Cl)nc2)NC2=NCCO2)c1. The molecule has 0 spiro atoms. The topological polar surface area (TPSA) is 46.5 Å². The van der Waals surface area contributed by atoms with E-state index >= 15 is 0 Å². The minimum absolute atomic E-state index is 0.00137. The summed E-state index contributed by atoms with van der Waals surface area (Å²) in [6, 6.07) is 12.1. The summed E-state index contributed by atoms with van der Waals surface area (Å²) in [5.41, 5.74) is 2.14. The van der Waals surface area contributed by atoms with Crippen molar-refractivity contribution in [3.8, 4) is 0 Å². The quantitative estimate of drug-likeness (QED) is 0.867. The number of halogens is 2. The fraction of sp³-hybridized carbons (Fsp3) is 0.250. The van der Waals surface area contributed by atoms with Gasteiger partial charge in [-0.15, -0.1) is 0 Å². The van der Waals surface area contributed by atoms with Crippen molar-refractivity contribution in [2.45, 2.75) is 12.5 Å². The van der Waals surface area contributed by atoms with Gasteiger partial charge in [0.25, 0.3) is 6.02 Å². The number of aromatic nitrogens is 1. The van der Waals surface area contributed by atoms with Crippen LogP contribution < -0.4 is 5.32 Å². The Labute approximate surface area is 139 Å². The molecule has 1 atom stereocenters. The van der Waals surface area contributed by atoms with Gasteiger partial charge in [0.05, 0.1) is 12.6 Å². The molecule has 2 aromatic rings. The predicted molar refractivity (Wildman–Crippen MR) is 88.5 cm³/mol. The molecule has 1 N–H and O–H groups in total. The van der Waals surface area contributed by atoms with Crippen LogP contribution in [0.1, 0.15) is 17.2 Å². The first kappa shape index (κ1) is 15.1. The fourth-order valence-corrected chi connectivity index (χ4v) is 2.62. The van der Waals surface area contributed by atoms with Crippen LogP contribution in [0.4, 0.5) is 0 Å². The van der Waals surface area contributed by atoms with E-state index in [-0.39, 0.29) is 6.04 Å². The number of amidine groups is 1. The first-order valence-electron chi connectivity index (χ1n) is 7.00. The third-order valence-electron chi connectivity index (χ3n) is 3.36. The molecule has 2 heterocycles. The molecule has 6 heteroatoms. The largest absolute Gasteiger partial charge is 0.463 e. The van der Waals surface area contributed by atoms with Crippen molar-refractivity contribution in [1.82, 2.24) is 10.3 Å². The summed E-state index contributed by atoms with van der Waals surface area (Å²) in [4.78, 5) is 8.42. The highest BCUT2D eigenvalue weighted by molar-refractivity contribution is 6.30. The third kappa shape index (κ3) is 3.90. The highest BCUT2D eigenvalue weighted by atomic mass is 35.5. The van der Waals surface area contributed by atoms with E-state index in [2.05, 4.69) is 15.3 Å². The summed E-state index contributed by atoms with van der Waals surface area (Å²) >= 11 is 12.0. The maximum atomic E-state index is 6.11. The molecule has 3 rings (SSSR count). The molecule has 1 aliphatic rings. The number of hydrogen-bond acceptors (Lipinski definition) is 4. The summed E-state index contributed by atoms with van der Waals surface area (Å²) in [6.07, 6.45) is 2.51. The Morgan fingerprint density at radius 2 is 2.14 bits per heavy atom. The molecular weight excluding hydrogens is 321 g/mol. The molecule has 4 nitrogen and oxygen atoms in total. The number of nitrogens with zero attached hydrogens (tertiary/aromatic N) is 2. The standard InChI is InChI=1S/C16H15Cl2N3O/c17-13-3-1-2-12(9-13)14(21-16-19-6-7-22-16)8-11-4-5-15(18)20-10-11/h1-5,9-10,14H,6-8H2,(H,19,21). The normalized spacial score (nSPS) is 15.1. The van der Waals surface area contributed by atoms with E-state index in [4.69, 9.17) is 27.9 Å². The van der Waals surface area contributed by atoms with Crippen LogP contribution in [0.15, 0.2) is 47.6 Å². The second kappa shape index (κ2) is 6.99. The summed E-state index contributed by atoms with van der Waals surface area (Å²) in [5.74, 6) is 0. The molecule has 0 saturated carbocycles. The van der Waals surface area contributed by atoms with Crippen molar-refractivity contribution in [3.05, 3.63) is 63.9 Å². The molecule has 0 saturated heterocycles. The number of nitrogens with one attached hydrogen (secondary N) is 1. The van der Waals surface area contributed by atoms with Crippen molar-refractivity contribution >= 4 is 29.2 Å². The Morgan fingerprint density at radius 3 is 2.82 bits per heavy atom. The Kier molecular flexibility index (Phi) is 4.80. The molecule has 114 valence electrons. The van der Waals surface area contributed by atoms with Gasteiger partial charge in [-0.25, -0.2) is 9.98 Å². The van der Waals surface area contributed by atoms with Gasteiger partial charge >= 0.3 is 0 Å². The number of benzene rings is 1. The van der Waals surface area contributed by atoms with E-state index in [1.165, 1.54) is 0 Å². The zero-order valence-corrected chi connectivity index (χ0v) is 13.3. The van der Waals surface area contributed by atoms with E-state index < -0.39 is 0 Å². The van der Waals surface area contributed by atoms with Gasteiger partial charge in [0.15, 0.2) is 0 Å². The average molecular weight is 336 g/mol. The van der Waals surface area contributed by atoms with Crippen LogP contribution in [0.2, 0.25) is 10.2 Å². The first-order valence-corrected chi connectivity index (χ1v) is 7.76. The second-order valence-electron chi connectivity index (χ2n) is 4.98. The van der Waals surface area contributed by atoms with Crippen LogP contribution >= 0.6 is 23.2 Å². The van der Waals surface area contributed by atoms with Gasteiger partial charge in [-0.05, 0) is 35.7 Å². The zero-order chi connectivity index (χ0) is 15.4. The molecule has 0 fully saturated rings. The van der Waals surface area contributed by atoms with Crippen LogP contribution in [0.5, 0.6) is 0 Å². The first-order chi connectivity index (χ1) is 10.7. The van der Waals surface area contributed by atoms with Crippen LogP contribution in [0.25, 0.3) is 0 Å². The molecule has 1 aromatic heterocycles. The highest BCUT2D eigenvalue weighted by Crippen LogP contribution is 2.22. The number of aliphatic imine (C=N–C) groups is 1. The monoisotopic (exact) mass is 335 g/mol. The van der Waals surface area contributed by atoms with Crippen LogP contribution in [0.3, 0.4) is 0 Å². The van der Waals surface area contributed by atoms with E-state index in [9.17, 15) is 0 Å². The van der Waals surface area contributed by atoms with Crippen molar-refractivity contribution in [2.24, 2.45) is 4.99 Å². The maximum Gasteiger partial charge on any atom is 0.285 e. The number of ether oxygens (including phenoxy) is 1. The molecule has 1 aromatic carbocycles. The van der Waals surface area contributed by atoms with Crippen molar-refractivity contribution in [1.29, 1.82) is 0 Å². The lowest BCUT2D eigenvalue weighted by molar-refractivity contribution is 0.325. The van der Waals surface area contributed by atoms with Gasteiger partial charge in [0.1, 0.15) is 11.8 Å². The van der Waals surface area contributed by atoms with E-state index in [1.54, 1.807) is 12.3 Å². The number of pyridine rings is 1. The Balaban J connectivity index is 1.83. The van der Waals surface area contributed by atoms with Crippen molar-refractivity contribution in [2.75, 3.05) is 13.2 Å². The molecule has 0 aliphatic carbocycles. The van der Waals surface area contributed by atoms with Crippen LogP contribution in [-0.2, 0) is 11.2 Å². The van der Waals surface area contributed by atoms with Crippen molar-refractivity contribution in [3.63, 3.8) is 0 Å². The second-order valence-corrected chi connectivity index (χ2v) is 5.80. The molecule has 22 heavy (non-hydrogen) atoms. The Hall–Kier alpha value is -1.78. The third-order valence-corrected chi connectivity index (χ3v) is 3.82. The predicted octanol–water partition coefficient (Wildman–Crippen LogP) is 3.65. The van der Waals surface area contributed by atoms with Gasteiger partial charge in [-0.2, -0.15) is 0 Å². The average Bonchev–Trinajstić information content (AvgIpc) is 3.02. The molecule has 0 radical (unpaired) electrons. The van der Waals surface area contributed by atoms with E-state index in [1.807, 2.05) is 30.3 Å². The smallest absolute Gasteiger partial charge is 0.285 e. The van der Waals surface area contributed by atoms with E-state index in [0.717, 1.165) is 17.5 Å². The fourth-order valence-electron chi connectivity index (χ4n) is 2.31. The zero-order valence-electron chi connectivity index (χ0n) is 11.8. The lowest BCUT2D eigenvalue weighted by atomic mass is 10.00. The minimum atomic E-state index is -0.00137. The lowest BCUT2D eigenvalue weighted by Crippen LogP contribution is -2.30. The Morgan fingerprint density at radius 1 is 1.23 bits per heavy atom. The molecular formula is C16H15Cl2N3O. The van der Waals surface area contributed by atoms with Gasteiger partial charge in [-0.3, -0.25) is 0 Å². The molecule has 0 bridgehead atoms. The maximum absolute atomic E-state index is 6.11. The van der Waals surface area contributed by atoms with Crippen LogP contribution in [-0.4, -0.2) is 24.2 Å². The summed E-state index contributed by atoms with van der Waals surface area (Å²) in [5, 5.41) is 4.52. The highest BCUT2D eigenvalue weighted by Gasteiger charge is 2.17. The minimum Gasteiger partial charge on any atom is -0.463 e. The summed E-state index contributed by atoms with van der Waals surface area (Å²) in [7, 11) is 0. The summed E-state index contributed by atoms with van der Waals surface area (Å²) in [6.45, 7) is 1.31. The van der Waals surface area contributed by atoms with Crippen molar-refractivity contribution < 1.29 is 4.74 Å². The Bertz CT molecular complexity index is 673. The summed E-state index contributed by atoms with van der Waals surface area (Å²) < 4.78 is 5.46. The van der Waals surface area contributed by atoms with Gasteiger partial charge in [-0.1, -0.05) is 41.4 Å². The van der Waals surface area contributed by atoms with E-state index in [0.29, 0.717) is 29.3 Å². The number of hydrogen-bond donors (Lipinski definition) is 1. The van der Waals surface area contributed by atoms with Gasteiger partial charge in [0, 0.05) is 11.2 Å². The number of rotatable bonds is 4. The molecule has 1 unspecified atom stereocenters. The molecule has 0 amide bonds. The van der Waals surface area contributed by atoms with Gasteiger partial charge in [0.2, 0.25) is 0 Å². The lowest BCUT2D eigenvalue weighted by Gasteiger charge is -2.20. The van der Waals surface area contributed by atoms with Gasteiger partial charge < -0.3 is 10.1 Å².